The first-order valence-corrected chi connectivity index (χ1v) is 9.78. The molecule has 2 N–H and O–H groups in total. The van der Waals surface area contributed by atoms with Crippen LogP contribution in [0.2, 0.25) is 0 Å². The first kappa shape index (κ1) is 18.9. The predicted molar refractivity (Wildman–Crippen MR) is 84.6 cm³/mol. The molecule has 0 aromatic heterocycles. The van der Waals surface area contributed by atoms with Gasteiger partial charge in [0.2, 0.25) is 10.0 Å². The van der Waals surface area contributed by atoms with Gasteiger partial charge in [-0.2, -0.15) is 0 Å². The molecule has 0 radical (unpaired) electrons. The smallest absolute Gasteiger partial charge is 0.209 e. The Morgan fingerprint density at radius 2 is 1.76 bits per heavy atom. The Kier molecular flexibility index (Phi) is 8.16. The first-order chi connectivity index (χ1) is 9.91. The van der Waals surface area contributed by atoms with E-state index >= 15 is 0 Å². The number of hydrogen-bond acceptors (Lipinski definition) is 4. The fraction of sp³-hybridized carbons (Fsp3) is 1.00. The largest absolute Gasteiger partial charge is 0.381 e. The van der Waals surface area contributed by atoms with Gasteiger partial charge in [-0.15, -0.1) is 0 Å². The highest BCUT2D eigenvalue weighted by atomic mass is 32.2. The van der Waals surface area contributed by atoms with Crippen molar-refractivity contribution >= 4 is 10.0 Å². The van der Waals surface area contributed by atoms with Crippen molar-refractivity contribution in [2.24, 2.45) is 16.5 Å². The highest BCUT2D eigenvalue weighted by Crippen LogP contribution is 2.32. The average Bonchev–Trinajstić information content (AvgIpc) is 2.38. The Hall–Kier alpha value is -0.170. The summed E-state index contributed by atoms with van der Waals surface area (Å²) in [6.45, 7) is 6.95. The van der Waals surface area contributed by atoms with Crippen molar-refractivity contribution in [1.82, 2.24) is 0 Å². The molecular formula is C15H31NO4S. The highest BCUT2D eigenvalue weighted by molar-refractivity contribution is 7.89. The van der Waals surface area contributed by atoms with Gasteiger partial charge in [-0.3, -0.25) is 0 Å². The van der Waals surface area contributed by atoms with Gasteiger partial charge in [0.15, 0.2) is 0 Å². The van der Waals surface area contributed by atoms with Crippen molar-refractivity contribution in [2.75, 3.05) is 32.2 Å². The summed E-state index contributed by atoms with van der Waals surface area (Å²) in [6, 6.07) is 0. The summed E-state index contributed by atoms with van der Waals surface area (Å²) in [4.78, 5) is 0. The summed E-state index contributed by atoms with van der Waals surface area (Å²) in [5.41, 5.74) is -0.331. The second-order valence-electron chi connectivity index (χ2n) is 6.38. The van der Waals surface area contributed by atoms with Gasteiger partial charge >= 0.3 is 0 Å². The zero-order valence-corrected chi connectivity index (χ0v) is 14.3. The van der Waals surface area contributed by atoms with Crippen LogP contribution in [0.1, 0.15) is 52.4 Å². The van der Waals surface area contributed by atoms with Crippen LogP contribution in [0, 0.1) is 11.3 Å². The zero-order chi connectivity index (χ0) is 15.8. The summed E-state index contributed by atoms with van der Waals surface area (Å²) in [7, 11) is -3.48. The molecule has 1 heterocycles. The van der Waals surface area contributed by atoms with E-state index in [1.54, 1.807) is 0 Å². The van der Waals surface area contributed by atoms with Gasteiger partial charge in [0, 0.05) is 25.2 Å². The lowest BCUT2D eigenvalue weighted by Crippen LogP contribution is -2.38. The maximum Gasteiger partial charge on any atom is 0.209 e. The van der Waals surface area contributed by atoms with E-state index in [-0.39, 0.29) is 11.2 Å². The molecule has 0 aliphatic carbocycles. The molecule has 0 saturated carbocycles. The van der Waals surface area contributed by atoms with Crippen molar-refractivity contribution < 1.29 is 17.9 Å². The Bertz CT molecular complexity index is 371. The van der Waals surface area contributed by atoms with E-state index in [0.29, 0.717) is 19.1 Å². The number of rotatable bonds is 10. The summed E-state index contributed by atoms with van der Waals surface area (Å²) >= 11 is 0. The molecule has 1 rings (SSSR count). The minimum Gasteiger partial charge on any atom is -0.381 e. The lowest BCUT2D eigenvalue weighted by molar-refractivity contribution is -0.00907. The van der Waals surface area contributed by atoms with Crippen LogP contribution < -0.4 is 5.14 Å². The average molecular weight is 321 g/mol. The van der Waals surface area contributed by atoms with Crippen molar-refractivity contribution in [1.29, 1.82) is 0 Å². The van der Waals surface area contributed by atoms with E-state index in [0.717, 1.165) is 51.7 Å². The molecule has 0 aromatic rings. The molecule has 1 fully saturated rings. The van der Waals surface area contributed by atoms with E-state index in [4.69, 9.17) is 14.6 Å². The second kappa shape index (κ2) is 9.08. The van der Waals surface area contributed by atoms with Crippen LogP contribution >= 0.6 is 0 Å². The summed E-state index contributed by atoms with van der Waals surface area (Å²) < 4.78 is 34.4. The molecule has 6 heteroatoms. The monoisotopic (exact) mass is 321 g/mol. The summed E-state index contributed by atoms with van der Waals surface area (Å²) in [6.07, 6.45) is 5.62. The molecular weight excluding hydrogens is 290 g/mol. The minimum atomic E-state index is -3.48. The normalized spacial score (nSPS) is 18.0. The molecule has 1 saturated heterocycles. The van der Waals surface area contributed by atoms with E-state index in [9.17, 15) is 8.42 Å². The Morgan fingerprint density at radius 1 is 1.19 bits per heavy atom. The molecule has 0 amide bonds. The van der Waals surface area contributed by atoms with Crippen molar-refractivity contribution in [3.8, 4) is 0 Å². The molecule has 0 bridgehead atoms. The van der Waals surface area contributed by atoms with Gasteiger partial charge in [-0.05, 0) is 31.6 Å². The molecule has 0 aromatic carbocycles. The fourth-order valence-electron chi connectivity index (χ4n) is 3.30. The van der Waals surface area contributed by atoms with Crippen molar-refractivity contribution in [3.63, 3.8) is 0 Å². The quantitative estimate of drug-likeness (QED) is 0.669. The number of primary sulfonamides is 1. The predicted octanol–water partition coefficient (Wildman–Crippen LogP) is 2.30. The Balaban J connectivity index is 2.57. The third kappa shape index (κ3) is 7.58. The Labute approximate surface area is 129 Å². The molecule has 1 aliphatic rings. The lowest BCUT2D eigenvalue weighted by Gasteiger charge is -2.33. The third-order valence-electron chi connectivity index (χ3n) is 4.17. The molecule has 0 atom stereocenters. The SMILES string of the molecule is CCCC(CCC)(COCC1CCOCC1)CS(N)(=O)=O. The molecule has 21 heavy (non-hydrogen) atoms. The molecule has 5 nitrogen and oxygen atoms in total. The van der Waals surface area contributed by atoms with E-state index in [1.165, 1.54) is 0 Å². The van der Waals surface area contributed by atoms with E-state index in [1.807, 2.05) is 0 Å². The van der Waals surface area contributed by atoms with Gasteiger partial charge in [-0.1, -0.05) is 26.7 Å². The number of hydrogen-bond donors (Lipinski definition) is 1. The van der Waals surface area contributed by atoms with E-state index in [2.05, 4.69) is 13.8 Å². The molecule has 126 valence electrons. The second-order valence-corrected chi connectivity index (χ2v) is 7.99. The van der Waals surface area contributed by atoms with Gasteiger partial charge < -0.3 is 9.47 Å². The van der Waals surface area contributed by atoms with Gasteiger partial charge in [-0.25, -0.2) is 13.6 Å². The first-order valence-electron chi connectivity index (χ1n) is 8.07. The van der Waals surface area contributed by atoms with Crippen LogP contribution in [0.5, 0.6) is 0 Å². The maximum absolute atomic E-state index is 11.6. The summed E-state index contributed by atoms with van der Waals surface area (Å²) in [5, 5.41) is 5.30. The number of ether oxygens (including phenoxy) is 2. The lowest BCUT2D eigenvalue weighted by atomic mass is 9.82. The summed E-state index contributed by atoms with van der Waals surface area (Å²) in [5.74, 6) is 0.560. The van der Waals surface area contributed by atoms with Crippen LogP contribution in [-0.4, -0.2) is 40.6 Å². The fourth-order valence-corrected chi connectivity index (χ4v) is 4.52. The van der Waals surface area contributed by atoms with Crippen molar-refractivity contribution in [3.05, 3.63) is 0 Å². The standard InChI is InChI=1S/C15H31NO4S/c1-3-7-15(8-4-2,13-21(16,17)18)12-20-11-14-5-9-19-10-6-14/h14H,3-13H2,1-2H3,(H2,16,17,18). The molecule has 1 aliphatic heterocycles. The van der Waals surface area contributed by atoms with Crippen molar-refractivity contribution in [2.45, 2.75) is 52.4 Å². The number of nitrogens with two attached hydrogens (primary N) is 1. The van der Waals surface area contributed by atoms with Gasteiger partial charge in [0.25, 0.3) is 0 Å². The van der Waals surface area contributed by atoms with Crippen LogP contribution in [-0.2, 0) is 19.5 Å². The highest BCUT2D eigenvalue weighted by Gasteiger charge is 2.33. The van der Waals surface area contributed by atoms with Gasteiger partial charge in [0.1, 0.15) is 0 Å². The minimum absolute atomic E-state index is 0.0233. The zero-order valence-electron chi connectivity index (χ0n) is 13.5. The van der Waals surface area contributed by atoms with Crippen LogP contribution in [0.3, 0.4) is 0 Å². The molecule has 0 spiro atoms. The third-order valence-corrected chi connectivity index (χ3v) is 5.19. The van der Waals surface area contributed by atoms with E-state index < -0.39 is 10.0 Å². The Morgan fingerprint density at radius 3 is 2.24 bits per heavy atom. The van der Waals surface area contributed by atoms with Crippen LogP contribution in [0.15, 0.2) is 0 Å². The van der Waals surface area contributed by atoms with Gasteiger partial charge in [0.05, 0.1) is 12.4 Å². The maximum atomic E-state index is 11.6. The number of sulfonamides is 1. The molecule has 0 unspecified atom stereocenters. The van der Waals surface area contributed by atoms with Crippen LogP contribution in [0.4, 0.5) is 0 Å². The van der Waals surface area contributed by atoms with Crippen LogP contribution in [0.25, 0.3) is 0 Å². The topological polar surface area (TPSA) is 78.6 Å².